The van der Waals surface area contributed by atoms with Gasteiger partial charge in [0, 0.05) is 49.4 Å². The largest absolute Gasteiger partial charge is 0.480 e. The zero-order valence-corrected chi connectivity index (χ0v) is 16.5. The Morgan fingerprint density at radius 1 is 0.963 bits per heavy atom. The average Bonchev–Trinajstić information content (AvgIpc) is 2.62. The van der Waals surface area contributed by atoms with Crippen LogP contribution >= 0.6 is 11.8 Å². The Morgan fingerprint density at radius 2 is 1.44 bits per heavy atom. The molecule has 0 atom stereocenters. The van der Waals surface area contributed by atoms with Gasteiger partial charge < -0.3 is 20.2 Å². The molecule has 0 aromatic heterocycles. The molecule has 0 spiro atoms. The maximum absolute atomic E-state index is 12.8. The summed E-state index contributed by atoms with van der Waals surface area (Å²) in [4.78, 5) is 31.1. The van der Waals surface area contributed by atoms with E-state index in [4.69, 9.17) is 5.11 Å². The standard InChI is InChI=1S/C19H22N4O3S/c1-21(2)12-5-7-14-16(9-12)27-17-10-13(22(3)4)6-8-15(17)23(14)19(26)20-11-18(24)25/h5-10H,11H2,1-4H3,(H,20,26)(H,24,25). The van der Waals surface area contributed by atoms with Crippen LogP contribution in [0.3, 0.4) is 0 Å². The van der Waals surface area contributed by atoms with E-state index < -0.39 is 18.5 Å². The lowest BCUT2D eigenvalue weighted by molar-refractivity contribution is -0.135. The van der Waals surface area contributed by atoms with E-state index in [1.807, 2.05) is 74.4 Å². The first-order chi connectivity index (χ1) is 12.8. The third kappa shape index (κ3) is 3.80. The fourth-order valence-corrected chi connectivity index (χ4v) is 3.92. The lowest BCUT2D eigenvalue weighted by atomic mass is 10.2. The molecule has 0 bridgehead atoms. The van der Waals surface area contributed by atoms with Gasteiger partial charge in [-0.05, 0) is 36.4 Å². The topological polar surface area (TPSA) is 76.1 Å². The van der Waals surface area contributed by atoms with Gasteiger partial charge in [-0.3, -0.25) is 9.69 Å². The predicted octanol–water partition coefficient (Wildman–Crippen LogP) is 3.22. The number of nitrogens with one attached hydrogen (secondary N) is 1. The van der Waals surface area contributed by atoms with Gasteiger partial charge in [0.25, 0.3) is 0 Å². The molecule has 1 aliphatic rings. The number of anilines is 4. The number of nitrogens with zero attached hydrogens (tertiary/aromatic N) is 3. The minimum atomic E-state index is -1.08. The fraction of sp³-hybridized carbons (Fsp3) is 0.263. The maximum Gasteiger partial charge on any atom is 0.327 e. The fourth-order valence-electron chi connectivity index (χ4n) is 2.79. The van der Waals surface area contributed by atoms with Crippen molar-refractivity contribution in [2.75, 3.05) is 49.4 Å². The highest BCUT2D eigenvalue weighted by Crippen LogP contribution is 2.50. The first-order valence-electron chi connectivity index (χ1n) is 8.38. The Labute approximate surface area is 162 Å². The van der Waals surface area contributed by atoms with Crippen LogP contribution in [0.5, 0.6) is 0 Å². The molecule has 0 fully saturated rings. The van der Waals surface area contributed by atoms with E-state index >= 15 is 0 Å². The van der Waals surface area contributed by atoms with Gasteiger partial charge in [-0.25, -0.2) is 4.79 Å². The number of hydrogen-bond acceptors (Lipinski definition) is 5. The van der Waals surface area contributed by atoms with E-state index in [-0.39, 0.29) is 0 Å². The van der Waals surface area contributed by atoms with Crippen molar-refractivity contribution in [3.8, 4) is 0 Å². The Morgan fingerprint density at radius 3 is 1.85 bits per heavy atom. The molecule has 0 saturated heterocycles. The normalized spacial score (nSPS) is 12.1. The van der Waals surface area contributed by atoms with Crippen molar-refractivity contribution >= 4 is 46.5 Å². The van der Waals surface area contributed by atoms with Crippen molar-refractivity contribution in [2.24, 2.45) is 0 Å². The lowest BCUT2D eigenvalue weighted by Gasteiger charge is -2.32. The van der Waals surface area contributed by atoms with Crippen LogP contribution < -0.4 is 20.0 Å². The molecule has 27 heavy (non-hydrogen) atoms. The summed E-state index contributed by atoms with van der Waals surface area (Å²) in [6.45, 7) is -0.432. The number of fused-ring (bicyclic) bond motifs is 2. The van der Waals surface area contributed by atoms with Gasteiger partial charge in [0.1, 0.15) is 6.54 Å². The van der Waals surface area contributed by atoms with E-state index in [0.717, 1.165) is 32.5 Å². The van der Waals surface area contributed by atoms with E-state index in [1.165, 1.54) is 0 Å². The van der Waals surface area contributed by atoms with E-state index in [0.29, 0.717) is 0 Å². The quantitative estimate of drug-likeness (QED) is 0.840. The maximum atomic E-state index is 12.8. The van der Waals surface area contributed by atoms with Crippen LogP contribution in [0.4, 0.5) is 27.5 Å². The van der Waals surface area contributed by atoms with Crippen LogP contribution in [0.15, 0.2) is 46.2 Å². The van der Waals surface area contributed by atoms with Gasteiger partial charge in [0.05, 0.1) is 11.4 Å². The molecule has 8 heteroatoms. The number of rotatable bonds is 4. The first kappa shape index (κ1) is 18.9. The minimum absolute atomic E-state index is 0.432. The Bertz CT molecular complexity index is 841. The molecule has 142 valence electrons. The summed E-state index contributed by atoms with van der Waals surface area (Å²) in [5.74, 6) is -1.08. The van der Waals surface area contributed by atoms with Gasteiger partial charge in [-0.15, -0.1) is 0 Å². The molecular formula is C19H22N4O3S. The lowest BCUT2D eigenvalue weighted by Crippen LogP contribution is -2.40. The number of carboxylic acids is 1. The van der Waals surface area contributed by atoms with Crippen LogP contribution in [0.25, 0.3) is 0 Å². The van der Waals surface area contributed by atoms with Crippen molar-refractivity contribution in [3.63, 3.8) is 0 Å². The molecule has 0 radical (unpaired) electrons. The summed E-state index contributed by atoms with van der Waals surface area (Å²) in [7, 11) is 7.85. The number of carboxylic acid groups (broad SMARTS) is 1. The molecular weight excluding hydrogens is 364 g/mol. The molecule has 3 rings (SSSR count). The number of benzene rings is 2. The van der Waals surface area contributed by atoms with E-state index in [9.17, 15) is 9.59 Å². The SMILES string of the molecule is CN(C)c1ccc2c(c1)Sc1cc(N(C)C)ccc1N2C(=O)NCC(=O)O. The number of urea groups is 1. The second-order valence-corrected chi connectivity index (χ2v) is 7.67. The highest BCUT2D eigenvalue weighted by molar-refractivity contribution is 7.99. The van der Waals surface area contributed by atoms with Crippen molar-refractivity contribution in [1.29, 1.82) is 0 Å². The number of hydrogen-bond donors (Lipinski definition) is 2. The summed E-state index contributed by atoms with van der Waals surface area (Å²) in [5, 5.41) is 11.4. The van der Waals surface area contributed by atoms with E-state index in [1.54, 1.807) is 16.7 Å². The summed E-state index contributed by atoms with van der Waals surface area (Å²) in [6.07, 6.45) is 0. The van der Waals surface area contributed by atoms with Gasteiger partial charge in [-0.1, -0.05) is 11.8 Å². The Balaban J connectivity index is 2.08. The minimum Gasteiger partial charge on any atom is -0.480 e. The smallest absolute Gasteiger partial charge is 0.327 e. The van der Waals surface area contributed by atoms with Crippen molar-refractivity contribution < 1.29 is 14.7 Å². The molecule has 7 nitrogen and oxygen atoms in total. The first-order valence-corrected chi connectivity index (χ1v) is 9.20. The number of carbonyl (C=O) groups excluding carboxylic acids is 1. The third-order valence-electron chi connectivity index (χ3n) is 4.22. The van der Waals surface area contributed by atoms with Crippen LogP contribution in [0, 0.1) is 0 Å². The van der Waals surface area contributed by atoms with Crippen molar-refractivity contribution in [1.82, 2.24) is 5.32 Å². The summed E-state index contributed by atoms with van der Waals surface area (Å²) in [5.41, 5.74) is 3.52. The number of aliphatic carboxylic acids is 1. The van der Waals surface area contributed by atoms with Crippen LogP contribution in [0.2, 0.25) is 0 Å². The van der Waals surface area contributed by atoms with Crippen LogP contribution in [0.1, 0.15) is 0 Å². The molecule has 0 aliphatic carbocycles. The summed E-state index contributed by atoms with van der Waals surface area (Å²) in [6, 6.07) is 11.3. The molecule has 1 aliphatic heterocycles. The van der Waals surface area contributed by atoms with Crippen LogP contribution in [-0.4, -0.2) is 51.8 Å². The zero-order valence-electron chi connectivity index (χ0n) is 15.7. The molecule has 2 aromatic rings. The molecule has 0 saturated carbocycles. The third-order valence-corrected chi connectivity index (χ3v) is 5.31. The second kappa shape index (κ2) is 7.40. The highest BCUT2D eigenvalue weighted by Gasteiger charge is 2.29. The van der Waals surface area contributed by atoms with Crippen molar-refractivity contribution in [3.05, 3.63) is 36.4 Å². The average molecular weight is 386 g/mol. The number of amides is 2. The van der Waals surface area contributed by atoms with E-state index in [2.05, 4.69) is 5.32 Å². The molecule has 0 unspecified atom stereocenters. The van der Waals surface area contributed by atoms with Gasteiger partial charge in [0.2, 0.25) is 0 Å². The zero-order chi connectivity index (χ0) is 19.7. The number of carbonyl (C=O) groups is 2. The highest BCUT2D eigenvalue weighted by atomic mass is 32.2. The molecule has 2 N–H and O–H groups in total. The van der Waals surface area contributed by atoms with Crippen molar-refractivity contribution in [2.45, 2.75) is 9.79 Å². The predicted molar refractivity (Wildman–Crippen MR) is 109 cm³/mol. The van der Waals surface area contributed by atoms with Gasteiger partial charge in [0.15, 0.2) is 0 Å². The Hall–Kier alpha value is -2.87. The molecule has 2 amide bonds. The molecule has 1 heterocycles. The van der Waals surface area contributed by atoms with Crippen LogP contribution in [-0.2, 0) is 4.79 Å². The second-order valence-electron chi connectivity index (χ2n) is 6.58. The van der Waals surface area contributed by atoms with Gasteiger partial charge >= 0.3 is 12.0 Å². The summed E-state index contributed by atoms with van der Waals surface area (Å²) < 4.78 is 0. The van der Waals surface area contributed by atoms with Gasteiger partial charge in [-0.2, -0.15) is 0 Å². The monoisotopic (exact) mass is 386 g/mol. The Kier molecular flexibility index (Phi) is 5.18. The molecule has 2 aromatic carbocycles. The summed E-state index contributed by atoms with van der Waals surface area (Å²) >= 11 is 1.60.